The first-order valence-electron chi connectivity index (χ1n) is 13.8. The first-order valence-corrected chi connectivity index (χ1v) is 13.8. The minimum Gasteiger partial charge on any atom is -0.256 e. The molecule has 0 saturated carbocycles. The molecule has 198 valence electrons. The summed E-state index contributed by atoms with van der Waals surface area (Å²) < 4.78 is 0. The zero-order chi connectivity index (χ0) is 28.1. The number of rotatable bonds is 6. The first-order chi connectivity index (χ1) is 20.8. The highest BCUT2D eigenvalue weighted by Gasteiger charge is 2.15. The van der Waals surface area contributed by atoms with Gasteiger partial charge in [0.05, 0.1) is 11.4 Å². The van der Waals surface area contributed by atoms with Gasteiger partial charge in [-0.15, -0.1) is 0 Å². The van der Waals surface area contributed by atoms with Crippen LogP contribution in [0, 0.1) is 0 Å². The maximum absolute atomic E-state index is 4.96. The van der Waals surface area contributed by atoms with E-state index in [0.717, 1.165) is 50.3 Å². The highest BCUT2D eigenvalue weighted by molar-refractivity contribution is 5.79. The smallest absolute Gasteiger partial charge is 0.164 e. The summed E-state index contributed by atoms with van der Waals surface area (Å²) >= 11 is 0. The molecule has 5 nitrogen and oxygen atoms in total. The number of hydrogen-bond acceptors (Lipinski definition) is 5. The molecule has 0 spiro atoms. The van der Waals surface area contributed by atoms with Crippen LogP contribution in [0.5, 0.6) is 0 Å². The summed E-state index contributed by atoms with van der Waals surface area (Å²) in [6.07, 6.45) is 3.72. The van der Waals surface area contributed by atoms with Gasteiger partial charge in [0.25, 0.3) is 0 Å². The molecule has 0 atom stereocenters. The van der Waals surface area contributed by atoms with E-state index >= 15 is 0 Å². The average Bonchev–Trinajstić information content (AvgIpc) is 3.09. The van der Waals surface area contributed by atoms with Crippen LogP contribution in [0.1, 0.15) is 0 Å². The van der Waals surface area contributed by atoms with E-state index in [-0.39, 0.29) is 0 Å². The second-order valence-electron chi connectivity index (χ2n) is 9.85. The number of aromatic nitrogens is 5. The van der Waals surface area contributed by atoms with Crippen molar-refractivity contribution in [1.82, 2.24) is 24.9 Å². The largest absolute Gasteiger partial charge is 0.256 e. The Morgan fingerprint density at radius 1 is 0.310 bits per heavy atom. The summed E-state index contributed by atoms with van der Waals surface area (Å²) in [6.45, 7) is 0. The standard InChI is InChI=1S/C37H25N5/c1-4-12-26(13-5-1)29-19-20-34(39-25-29)31-22-30(33-18-10-11-21-38-33)23-32(24-31)37-41-35(27-14-6-2-7-15-27)40-36(42-37)28-16-8-3-9-17-28/h1-25H. The highest BCUT2D eigenvalue weighted by atomic mass is 15.0. The quantitative estimate of drug-likeness (QED) is 0.212. The van der Waals surface area contributed by atoms with Crippen molar-refractivity contribution >= 4 is 0 Å². The van der Waals surface area contributed by atoms with E-state index in [2.05, 4.69) is 47.4 Å². The Hall–Kier alpha value is -5.81. The maximum Gasteiger partial charge on any atom is 0.164 e. The first kappa shape index (κ1) is 25.2. The van der Waals surface area contributed by atoms with Crippen LogP contribution in [-0.4, -0.2) is 24.9 Å². The predicted octanol–water partition coefficient (Wildman–Crippen LogP) is 8.66. The molecule has 0 aliphatic rings. The maximum atomic E-state index is 4.96. The van der Waals surface area contributed by atoms with Crippen molar-refractivity contribution in [2.45, 2.75) is 0 Å². The van der Waals surface area contributed by atoms with Gasteiger partial charge in [-0.3, -0.25) is 9.97 Å². The molecule has 42 heavy (non-hydrogen) atoms. The fraction of sp³-hybridized carbons (Fsp3) is 0. The van der Waals surface area contributed by atoms with Crippen molar-refractivity contribution in [2.75, 3.05) is 0 Å². The zero-order valence-corrected chi connectivity index (χ0v) is 22.7. The Bertz CT molecular complexity index is 1880. The third kappa shape index (κ3) is 5.31. The summed E-state index contributed by atoms with van der Waals surface area (Å²) in [5.74, 6) is 1.83. The molecule has 0 saturated heterocycles. The van der Waals surface area contributed by atoms with E-state index in [4.69, 9.17) is 19.9 Å². The molecule has 5 heteroatoms. The van der Waals surface area contributed by atoms with Crippen molar-refractivity contribution < 1.29 is 0 Å². The molecular weight excluding hydrogens is 514 g/mol. The number of pyridine rings is 2. The Kier molecular flexibility index (Phi) is 6.81. The lowest BCUT2D eigenvalue weighted by atomic mass is 9.99. The highest BCUT2D eigenvalue weighted by Crippen LogP contribution is 2.32. The summed E-state index contributed by atoms with van der Waals surface area (Å²) in [7, 11) is 0. The van der Waals surface area contributed by atoms with Gasteiger partial charge in [-0.2, -0.15) is 0 Å². The van der Waals surface area contributed by atoms with Gasteiger partial charge in [0.15, 0.2) is 17.5 Å². The summed E-state index contributed by atoms with van der Waals surface area (Å²) in [5, 5.41) is 0. The Morgan fingerprint density at radius 3 is 1.29 bits per heavy atom. The van der Waals surface area contributed by atoms with Crippen molar-refractivity contribution in [1.29, 1.82) is 0 Å². The molecule has 0 aliphatic carbocycles. The van der Waals surface area contributed by atoms with Gasteiger partial charge in [0.2, 0.25) is 0 Å². The van der Waals surface area contributed by atoms with Gasteiger partial charge in [-0.05, 0) is 42.0 Å². The van der Waals surface area contributed by atoms with Crippen LogP contribution in [0.25, 0.3) is 67.8 Å². The number of nitrogens with zero attached hydrogens (tertiary/aromatic N) is 5. The van der Waals surface area contributed by atoms with Crippen LogP contribution in [0.4, 0.5) is 0 Å². The third-order valence-corrected chi connectivity index (χ3v) is 7.02. The zero-order valence-electron chi connectivity index (χ0n) is 22.7. The monoisotopic (exact) mass is 539 g/mol. The van der Waals surface area contributed by atoms with Crippen LogP contribution in [0.3, 0.4) is 0 Å². The van der Waals surface area contributed by atoms with E-state index in [0.29, 0.717) is 17.5 Å². The third-order valence-electron chi connectivity index (χ3n) is 7.02. The van der Waals surface area contributed by atoms with Gasteiger partial charge in [-0.1, -0.05) is 103 Å². The molecule has 0 N–H and O–H groups in total. The molecule has 0 bridgehead atoms. The molecule has 4 aromatic carbocycles. The van der Waals surface area contributed by atoms with Gasteiger partial charge in [0, 0.05) is 45.8 Å². The number of hydrogen-bond donors (Lipinski definition) is 0. The lowest BCUT2D eigenvalue weighted by Gasteiger charge is -2.12. The van der Waals surface area contributed by atoms with Crippen LogP contribution in [-0.2, 0) is 0 Å². The van der Waals surface area contributed by atoms with Crippen molar-refractivity contribution in [2.24, 2.45) is 0 Å². The molecular formula is C37H25N5. The topological polar surface area (TPSA) is 64.5 Å². The van der Waals surface area contributed by atoms with Gasteiger partial charge in [0.1, 0.15) is 0 Å². The second-order valence-corrected chi connectivity index (χ2v) is 9.85. The van der Waals surface area contributed by atoms with Crippen LogP contribution in [0.2, 0.25) is 0 Å². The Morgan fingerprint density at radius 2 is 0.786 bits per heavy atom. The van der Waals surface area contributed by atoms with Crippen LogP contribution >= 0.6 is 0 Å². The molecule has 7 rings (SSSR count). The van der Waals surface area contributed by atoms with Crippen molar-refractivity contribution in [3.05, 3.63) is 152 Å². The Balaban J connectivity index is 1.39. The van der Waals surface area contributed by atoms with Crippen molar-refractivity contribution in [3.8, 4) is 67.8 Å². The molecule has 7 aromatic rings. The van der Waals surface area contributed by atoms with Crippen LogP contribution in [0.15, 0.2) is 152 Å². The van der Waals surface area contributed by atoms with Gasteiger partial charge in [-0.25, -0.2) is 15.0 Å². The molecule has 0 fully saturated rings. The predicted molar refractivity (Wildman–Crippen MR) is 168 cm³/mol. The normalized spacial score (nSPS) is 10.9. The minimum atomic E-state index is 0.586. The van der Waals surface area contributed by atoms with E-state index in [1.54, 1.807) is 6.20 Å². The summed E-state index contributed by atoms with van der Waals surface area (Å²) in [5.41, 5.74) is 8.55. The molecule has 3 aromatic heterocycles. The fourth-order valence-electron chi connectivity index (χ4n) is 4.89. The van der Waals surface area contributed by atoms with E-state index < -0.39 is 0 Å². The SMILES string of the molecule is c1ccc(-c2ccc(-c3cc(-c4ccccn4)cc(-c4nc(-c5ccccc5)nc(-c5ccccc5)n4)c3)nc2)cc1. The molecule has 3 heterocycles. The molecule has 0 aliphatic heterocycles. The fourth-order valence-corrected chi connectivity index (χ4v) is 4.89. The number of benzene rings is 4. The van der Waals surface area contributed by atoms with Gasteiger partial charge < -0.3 is 0 Å². The molecule has 0 radical (unpaired) electrons. The molecule has 0 amide bonds. The minimum absolute atomic E-state index is 0.586. The average molecular weight is 540 g/mol. The molecule has 0 unspecified atom stereocenters. The second kappa shape index (κ2) is 11.4. The summed E-state index contributed by atoms with van der Waals surface area (Å²) in [4.78, 5) is 24.3. The van der Waals surface area contributed by atoms with E-state index in [1.165, 1.54) is 0 Å². The Labute approximate surface area is 244 Å². The van der Waals surface area contributed by atoms with Crippen LogP contribution < -0.4 is 0 Å². The van der Waals surface area contributed by atoms with Gasteiger partial charge >= 0.3 is 0 Å². The lowest BCUT2D eigenvalue weighted by Crippen LogP contribution is -2.00. The lowest BCUT2D eigenvalue weighted by molar-refractivity contribution is 1.07. The van der Waals surface area contributed by atoms with E-state index in [9.17, 15) is 0 Å². The van der Waals surface area contributed by atoms with Crippen molar-refractivity contribution in [3.63, 3.8) is 0 Å². The van der Waals surface area contributed by atoms with E-state index in [1.807, 2.05) is 103 Å². The summed E-state index contributed by atoms with van der Waals surface area (Å²) in [6, 6.07) is 46.7.